The quantitative estimate of drug-likeness (QED) is 0.499. The molecule has 0 amide bonds. The number of aryl methyl sites for hydroxylation is 1. The third-order valence-electron chi connectivity index (χ3n) is 1.23. The van der Waals surface area contributed by atoms with Crippen molar-refractivity contribution in [1.82, 2.24) is 0 Å². The molecule has 0 aromatic carbocycles. The molecule has 2 nitrogen and oxygen atoms in total. The fourth-order valence-corrected chi connectivity index (χ4v) is 2.44. The van der Waals surface area contributed by atoms with Crippen LogP contribution in [0.5, 0.6) is 0 Å². The molecule has 1 heterocycles. The van der Waals surface area contributed by atoms with Crippen LogP contribution in [-0.2, 0) is 4.74 Å². The molecule has 1 aromatic heterocycles. The van der Waals surface area contributed by atoms with Gasteiger partial charge in [-0.05, 0) is 0 Å². The van der Waals surface area contributed by atoms with Crippen LogP contribution in [0.3, 0.4) is 0 Å². The predicted octanol–water partition coefficient (Wildman–Crippen LogP) is 0.839. The van der Waals surface area contributed by atoms with Crippen molar-refractivity contribution >= 4 is 20.5 Å². The zero-order valence-electron chi connectivity index (χ0n) is 5.88. The van der Waals surface area contributed by atoms with Crippen LogP contribution in [0.4, 0.5) is 0 Å². The molecule has 0 radical (unpaired) electrons. The van der Waals surface area contributed by atoms with Crippen LogP contribution in [0, 0.1) is 6.92 Å². The molecule has 0 N–H and O–H groups in total. The first-order valence-corrected chi connectivity index (χ1v) is 4.72. The van der Waals surface area contributed by atoms with E-state index in [0.717, 1.165) is 10.0 Å². The first-order chi connectivity index (χ1) is 4.75. The average Bonchev–Trinajstić information content (AvgIpc) is 2.34. The second-order valence-electron chi connectivity index (χ2n) is 1.92. The molecule has 0 saturated heterocycles. The van der Waals surface area contributed by atoms with Gasteiger partial charge in [-0.15, -0.1) is 0 Å². The summed E-state index contributed by atoms with van der Waals surface area (Å²) in [5, 5.41) is 0. The minimum absolute atomic E-state index is 0.178. The molecule has 1 aromatic rings. The van der Waals surface area contributed by atoms with Gasteiger partial charge in [-0.2, -0.15) is 0 Å². The third-order valence-corrected chi connectivity index (χ3v) is 3.32. The molecule has 0 atom stereocenters. The van der Waals surface area contributed by atoms with Crippen LogP contribution >= 0.6 is 0 Å². The Morgan fingerprint density at radius 1 is 1.70 bits per heavy atom. The van der Waals surface area contributed by atoms with Crippen molar-refractivity contribution in [3.05, 3.63) is 21.0 Å². The average molecular weight is 203 g/mol. The topological polar surface area (TPSA) is 26.3 Å². The summed E-state index contributed by atoms with van der Waals surface area (Å²) in [6.45, 7) is 1.93. The van der Waals surface area contributed by atoms with Gasteiger partial charge in [0.25, 0.3) is 0 Å². The molecule has 0 fully saturated rings. The Kier molecular flexibility index (Phi) is 2.30. The molecule has 3 heteroatoms. The van der Waals surface area contributed by atoms with Crippen molar-refractivity contribution in [3.8, 4) is 0 Å². The Morgan fingerprint density at radius 3 is 2.80 bits per heavy atom. The number of carbonyl (C=O) groups excluding carboxylic acids is 1. The molecular formula is C7H8O2Se. The van der Waals surface area contributed by atoms with Crippen LogP contribution in [0.2, 0.25) is 0 Å². The van der Waals surface area contributed by atoms with Gasteiger partial charge < -0.3 is 0 Å². The van der Waals surface area contributed by atoms with E-state index < -0.39 is 0 Å². The first-order valence-electron chi connectivity index (χ1n) is 2.88. The molecule has 54 valence electrons. The summed E-state index contributed by atoms with van der Waals surface area (Å²) in [7, 11) is 1.41. The van der Waals surface area contributed by atoms with Gasteiger partial charge in [0.05, 0.1) is 0 Å². The monoisotopic (exact) mass is 204 g/mol. The van der Waals surface area contributed by atoms with Crippen LogP contribution in [0.15, 0.2) is 11.0 Å². The Balaban J connectivity index is 2.93. The maximum absolute atomic E-state index is 10.9. The maximum atomic E-state index is 10.9. The van der Waals surface area contributed by atoms with Crippen molar-refractivity contribution in [1.29, 1.82) is 0 Å². The molecule has 10 heavy (non-hydrogen) atoms. The van der Waals surface area contributed by atoms with Crippen molar-refractivity contribution in [2.24, 2.45) is 0 Å². The zero-order valence-corrected chi connectivity index (χ0v) is 7.59. The fourth-order valence-electron chi connectivity index (χ4n) is 0.675. The Labute approximate surface area is 65.6 Å². The number of carbonyl (C=O) groups is 1. The molecule has 0 aliphatic carbocycles. The summed E-state index contributed by atoms with van der Waals surface area (Å²) in [5.74, 6) is -0.178. The van der Waals surface area contributed by atoms with Gasteiger partial charge >= 0.3 is 65.0 Å². The summed E-state index contributed by atoms with van der Waals surface area (Å²) in [6.07, 6.45) is 0. The second-order valence-corrected chi connectivity index (χ2v) is 3.85. The number of ether oxygens (including phenoxy) is 1. The summed E-state index contributed by atoms with van der Waals surface area (Å²) in [4.78, 5) is 12.9. The molecule has 0 aliphatic heterocycles. The van der Waals surface area contributed by atoms with E-state index in [0.29, 0.717) is 0 Å². The van der Waals surface area contributed by atoms with Crippen LogP contribution in [-0.4, -0.2) is 27.6 Å². The van der Waals surface area contributed by atoms with Crippen LogP contribution in [0.1, 0.15) is 14.8 Å². The summed E-state index contributed by atoms with van der Waals surface area (Å²) in [5.41, 5.74) is 1.05. The van der Waals surface area contributed by atoms with Gasteiger partial charge in [-0.3, -0.25) is 0 Å². The molecule has 0 spiro atoms. The number of rotatable bonds is 1. The molecule has 0 saturated carbocycles. The summed E-state index contributed by atoms with van der Waals surface area (Å²) >= 11 is 0.206. The molecular weight excluding hydrogens is 195 g/mol. The Morgan fingerprint density at radius 2 is 2.40 bits per heavy atom. The van der Waals surface area contributed by atoms with E-state index in [1.165, 1.54) is 7.11 Å². The van der Waals surface area contributed by atoms with Crippen molar-refractivity contribution in [3.63, 3.8) is 0 Å². The van der Waals surface area contributed by atoms with Crippen LogP contribution < -0.4 is 0 Å². The SMILES string of the molecule is COC(=O)c1[se]ccc1C. The van der Waals surface area contributed by atoms with E-state index in [1.54, 1.807) is 0 Å². The normalized spacial score (nSPS) is 9.40. The van der Waals surface area contributed by atoms with Crippen molar-refractivity contribution in [2.75, 3.05) is 7.11 Å². The number of esters is 1. The minimum atomic E-state index is -0.178. The zero-order chi connectivity index (χ0) is 7.56. The third kappa shape index (κ3) is 1.31. The van der Waals surface area contributed by atoms with Gasteiger partial charge in [-0.1, -0.05) is 0 Å². The standard InChI is InChI=1S/C7H8O2Se/c1-5-3-4-10-6(5)7(8)9-2/h3-4H,1-2H3. The van der Waals surface area contributed by atoms with Crippen molar-refractivity contribution in [2.45, 2.75) is 6.92 Å². The van der Waals surface area contributed by atoms with E-state index in [-0.39, 0.29) is 20.5 Å². The van der Waals surface area contributed by atoms with Crippen molar-refractivity contribution < 1.29 is 9.53 Å². The van der Waals surface area contributed by atoms with Gasteiger partial charge in [0, 0.05) is 0 Å². The van der Waals surface area contributed by atoms with Gasteiger partial charge in [0.2, 0.25) is 0 Å². The Hall–Kier alpha value is -0.531. The number of hydrogen-bond acceptors (Lipinski definition) is 2. The fraction of sp³-hybridized carbons (Fsp3) is 0.286. The first kappa shape index (κ1) is 7.58. The van der Waals surface area contributed by atoms with E-state index in [9.17, 15) is 4.79 Å². The predicted molar refractivity (Wildman–Crippen MR) is 39.5 cm³/mol. The number of methoxy groups -OCH3 is 1. The van der Waals surface area contributed by atoms with E-state index in [4.69, 9.17) is 0 Å². The van der Waals surface area contributed by atoms with Gasteiger partial charge in [0.1, 0.15) is 0 Å². The molecule has 1 rings (SSSR count). The summed E-state index contributed by atoms with van der Waals surface area (Å²) < 4.78 is 5.43. The van der Waals surface area contributed by atoms with E-state index >= 15 is 0 Å². The Bertz CT molecular complexity index is 240. The van der Waals surface area contributed by atoms with E-state index in [2.05, 4.69) is 4.74 Å². The molecule has 0 bridgehead atoms. The second kappa shape index (κ2) is 3.04. The summed E-state index contributed by atoms with van der Waals surface area (Å²) in [6, 6.07) is 1.96. The van der Waals surface area contributed by atoms with Crippen LogP contribution in [0.25, 0.3) is 0 Å². The van der Waals surface area contributed by atoms with E-state index in [1.807, 2.05) is 17.9 Å². The van der Waals surface area contributed by atoms with Gasteiger partial charge in [-0.25, -0.2) is 0 Å². The molecule has 0 unspecified atom stereocenters. The molecule has 0 aliphatic rings. The number of hydrogen-bond donors (Lipinski definition) is 0. The van der Waals surface area contributed by atoms with Gasteiger partial charge in [0.15, 0.2) is 0 Å².